The molecule has 1 fully saturated rings. The fourth-order valence-electron chi connectivity index (χ4n) is 2.47. The number of nitrogens with zero attached hydrogens (tertiary/aromatic N) is 3. The van der Waals surface area contributed by atoms with Crippen molar-refractivity contribution in [3.05, 3.63) is 11.9 Å². The highest BCUT2D eigenvalue weighted by Crippen LogP contribution is 2.16. The quantitative estimate of drug-likeness (QED) is 0.750. The van der Waals surface area contributed by atoms with E-state index in [1.807, 2.05) is 13.1 Å². The van der Waals surface area contributed by atoms with Crippen LogP contribution in [-0.4, -0.2) is 48.1 Å². The molecule has 2 N–H and O–H groups in total. The van der Waals surface area contributed by atoms with Crippen molar-refractivity contribution in [1.82, 2.24) is 14.9 Å². The van der Waals surface area contributed by atoms with E-state index in [0.717, 1.165) is 30.4 Å². The van der Waals surface area contributed by atoms with Gasteiger partial charge in [0, 0.05) is 25.6 Å². The minimum atomic E-state index is 0.341. The third-order valence-corrected chi connectivity index (χ3v) is 3.67. The van der Waals surface area contributed by atoms with E-state index in [9.17, 15) is 0 Å². The minimum absolute atomic E-state index is 0.341. The molecule has 0 unspecified atom stereocenters. The van der Waals surface area contributed by atoms with E-state index < -0.39 is 0 Å². The Balaban J connectivity index is 1.83. The van der Waals surface area contributed by atoms with Crippen LogP contribution in [-0.2, 0) is 0 Å². The van der Waals surface area contributed by atoms with Gasteiger partial charge in [-0.3, -0.25) is 0 Å². The molecule has 20 heavy (non-hydrogen) atoms. The standard InChI is InChI=1S/C15H27N5/c1-12(2)15-18-13(16-3)11-14(19-15)17-7-6-10-20-8-4-5-9-20/h11-12H,4-10H2,1-3H3,(H2,16,17,18,19). The maximum atomic E-state index is 4.57. The molecule has 2 rings (SSSR count). The molecule has 5 heteroatoms. The topological polar surface area (TPSA) is 53.1 Å². The van der Waals surface area contributed by atoms with Gasteiger partial charge in [0.15, 0.2) is 0 Å². The van der Waals surface area contributed by atoms with Crippen LogP contribution in [0.5, 0.6) is 0 Å². The summed E-state index contributed by atoms with van der Waals surface area (Å²) in [5, 5.41) is 6.52. The van der Waals surface area contributed by atoms with Crippen molar-refractivity contribution in [3.8, 4) is 0 Å². The van der Waals surface area contributed by atoms with E-state index in [4.69, 9.17) is 0 Å². The molecule has 1 saturated heterocycles. The lowest BCUT2D eigenvalue weighted by Gasteiger charge is -2.15. The summed E-state index contributed by atoms with van der Waals surface area (Å²) in [4.78, 5) is 11.6. The molecule has 1 aromatic rings. The van der Waals surface area contributed by atoms with Gasteiger partial charge in [-0.25, -0.2) is 9.97 Å². The first kappa shape index (κ1) is 15.0. The highest BCUT2D eigenvalue weighted by Gasteiger charge is 2.10. The van der Waals surface area contributed by atoms with Crippen LogP contribution in [0.1, 0.15) is 44.9 Å². The molecule has 0 bridgehead atoms. The molecule has 0 saturated carbocycles. The number of anilines is 2. The van der Waals surface area contributed by atoms with Crippen LogP contribution in [0.15, 0.2) is 6.07 Å². The van der Waals surface area contributed by atoms with Crippen molar-refractivity contribution in [1.29, 1.82) is 0 Å². The first-order chi connectivity index (χ1) is 9.69. The van der Waals surface area contributed by atoms with E-state index in [-0.39, 0.29) is 0 Å². The van der Waals surface area contributed by atoms with Gasteiger partial charge in [-0.05, 0) is 38.9 Å². The Kier molecular flexibility index (Phi) is 5.59. The van der Waals surface area contributed by atoms with Gasteiger partial charge in [0.2, 0.25) is 0 Å². The van der Waals surface area contributed by atoms with Gasteiger partial charge in [0.1, 0.15) is 17.5 Å². The molecule has 5 nitrogen and oxygen atoms in total. The van der Waals surface area contributed by atoms with Crippen LogP contribution < -0.4 is 10.6 Å². The van der Waals surface area contributed by atoms with Crippen molar-refractivity contribution >= 4 is 11.6 Å². The maximum absolute atomic E-state index is 4.57. The molecule has 1 aliphatic rings. The third-order valence-electron chi connectivity index (χ3n) is 3.67. The molecule has 0 amide bonds. The minimum Gasteiger partial charge on any atom is -0.373 e. The highest BCUT2D eigenvalue weighted by molar-refractivity contribution is 5.47. The molecule has 0 radical (unpaired) electrons. The van der Waals surface area contributed by atoms with Gasteiger partial charge in [-0.1, -0.05) is 13.8 Å². The lowest BCUT2D eigenvalue weighted by molar-refractivity contribution is 0.337. The van der Waals surface area contributed by atoms with Gasteiger partial charge in [0.25, 0.3) is 0 Å². The average Bonchev–Trinajstić information content (AvgIpc) is 2.96. The number of nitrogens with one attached hydrogen (secondary N) is 2. The third kappa shape index (κ3) is 4.34. The molecule has 1 aromatic heterocycles. The molecule has 1 aliphatic heterocycles. The summed E-state index contributed by atoms with van der Waals surface area (Å²) in [7, 11) is 1.89. The monoisotopic (exact) mass is 277 g/mol. The second-order valence-electron chi connectivity index (χ2n) is 5.73. The zero-order chi connectivity index (χ0) is 14.4. The molecule has 0 aromatic carbocycles. The first-order valence-corrected chi connectivity index (χ1v) is 7.72. The number of hydrogen-bond acceptors (Lipinski definition) is 5. The molecular formula is C15H27N5. The Morgan fingerprint density at radius 1 is 1.20 bits per heavy atom. The second-order valence-corrected chi connectivity index (χ2v) is 5.73. The molecule has 112 valence electrons. The fraction of sp³-hybridized carbons (Fsp3) is 0.733. The van der Waals surface area contributed by atoms with Gasteiger partial charge >= 0.3 is 0 Å². The van der Waals surface area contributed by atoms with Crippen LogP contribution in [0.4, 0.5) is 11.6 Å². The molecule has 0 spiro atoms. The number of rotatable bonds is 7. The van der Waals surface area contributed by atoms with E-state index >= 15 is 0 Å². The summed E-state index contributed by atoms with van der Waals surface area (Å²) in [5.74, 6) is 3.03. The van der Waals surface area contributed by atoms with Crippen molar-refractivity contribution < 1.29 is 0 Å². The van der Waals surface area contributed by atoms with Crippen LogP contribution in [0.2, 0.25) is 0 Å². The van der Waals surface area contributed by atoms with Gasteiger partial charge in [-0.15, -0.1) is 0 Å². The predicted octanol–water partition coefficient (Wildman–Crippen LogP) is 2.54. The SMILES string of the molecule is CNc1cc(NCCCN2CCCC2)nc(C(C)C)n1. The number of likely N-dealkylation sites (tertiary alicyclic amines) is 1. The zero-order valence-electron chi connectivity index (χ0n) is 12.9. The van der Waals surface area contributed by atoms with Crippen molar-refractivity contribution in [2.45, 2.75) is 39.0 Å². The van der Waals surface area contributed by atoms with E-state index in [2.05, 4.69) is 39.3 Å². The normalized spacial score (nSPS) is 15.8. The Morgan fingerprint density at radius 3 is 2.55 bits per heavy atom. The van der Waals surface area contributed by atoms with Gasteiger partial charge in [-0.2, -0.15) is 0 Å². The van der Waals surface area contributed by atoms with Gasteiger partial charge < -0.3 is 15.5 Å². The Morgan fingerprint density at radius 2 is 1.90 bits per heavy atom. The van der Waals surface area contributed by atoms with Crippen LogP contribution in [0.3, 0.4) is 0 Å². The predicted molar refractivity (Wildman–Crippen MR) is 84.4 cm³/mol. The number of aromatic nitrogens is 2. The Hall–Kier alpha value is -1.36. The highest BCUT2D eigenvalue weighted by atomic mass is 15.1. The van der Waals surface area contributed by atoms with Crippen LogP contribution in [0.25, 0.3) is 0 Å². The Labute approximate surface area is 122 Å². The van der Waals surface area contributed by atoms with Crippen LogP contribution in [0, 0.1) is 0 Å². The summed E-state index contributed by atoms with van der Waals surface area (Å²) in [5.41, 5.74) is 0. The van der Waals surface area contributed by atoms with Crippen LogP contribution >= 0.6 is 0 Å². The van der Waals surface area contributed by atoms with Crippen molar-refractivity contribution in [2.24, 2.45) is 0 Å². The largest absolute Gasteiger partial charge is 0.373 e. The zero-order valence-corrected chi connectivity index (χ0v) is 12.9. The Bertz CT molecular complexity index is 413. The van der Waals surface area contributed by atoms with E-state index in [0.29, 0.717) is 5.92 Å². The molecular weight excluding hydrogens is 250 g/mol. The van der Waals surface area contributed by atoms with Crippen molar-refractivity contribution in [2.75, 3.05) is 43.9 Å². The van der Waals surface area contributed by atoms with E-state index in [1.165, 1.54) is 32.5 Å². The van der Waals surface area contributed by atoms with E-state index in [1.54, 1.807) is 0 Å². The molecule has 2 heterocycles. The summed E-state index contributed by atoms with van der Waals surface area (Å²) in [6.07, 6.45) is 3.89. The summed E-state index contributed by atoms with van der Waals surface area (Å²) >= 11 is 0. The average molecular weight is 277 g/mol. The summed E-state index contributed by atoms with van der Waals surface area (Å²) in [6, 6.07) is 1.97. The molecule has 0 aliphatic carbocycles. The molecule has 0 atom stereocenters. The maximum Gasteiger partial charge on any atom is 0.135 e. The smallest absolute Gasteiger partial charge is 0.135 e. The van der Waals surface area contributed by atoms with Crippen molar-refractivity contribution in [3.63, 3.8) is 0 Å². The fourth-order valence-corrected chi connectivity index (χ4v) is 2.47. The second kappa shape index (κ2) is 7.43. The first-order valence-electron chi connectivity index (χ1n) is 7.72. The number of hydrogen-bond donors (Lipinski definition) is 2. The lowest BCUT2D eigenvalue weighted by Crippen LogP contribution is -2.22. The summed E-state index contributed by atoms with van der Waals surface area (Å²) in [6.45, 7) is 8.93. The van der Waals surface area contributed by atoms with Gasteiger partial charge in [0.05, 0.1) is 0 Å². The lowest BCUT2D eigenvalue weighted by atomic mass is 10.2. The summed E-state index contributed by atoms with van der Waals surface area (Å²) < 4.78 is 0.